The van der Waals surface area contributed by atoms with Crippen LogP contribution in [0.2, 0.25) is 5.02 Å². The average Bonchev–Trinajstić information content (AvgIpc) is 3.16. The third kappa shape index (κ3) is 4.22. The molecule has 0 aliphatic carbocycles. The van der Waals surface area contributed by atoms with Gasteiger partial charge in [0.25, 0.3) is 11.5 Å². The molecule has 1 aliphatic heterocycles. The molecule has 0 N–H and O–H groups in total. The molecule has 7 nitrogen and oxygen atoms in total. The fourth-order valence-corrected chi connectivity index (χ4v) is 3.75. The van der Waals surface area contributed by atoms with Gasteiger partial charge in [-0.25, -0.2) is 0 Å². The second kappa shape index (κ2) is 8.34. The van der Waals surface area contributed by atoms with Gasteiger partial charge in [-0.2, -0.15) is 18.3 Å². The summed E-state index contributed by atoms with van der Waals surface area (Å²) in [5.41, 5.74) is 0.0373. The largest absolute Gasteiger partial charge is 0.491 e. The Bertz CT molecular complexity index is 1240. The number of benzene rings is 1. The lowest BCUT2D eigenvalue weighted by molar-refractivity contribution is -0.139. The van der Waals surface area contributed by atoms with Crippen molar-refractivity contribution >= 4 is 17.5 Å². The van der Waals surface area contributed by atoms with Crippen LogP contribution in [-0.2, 0) is 19.8 Å². The zero-order chi connectivity index (χ0) is 23.0. The highest BCUT2D eigenvalue weighted by Crippen LogP contribution is 2.37. The third-order valence-electron chi connectivity index (χ3n) is 5.16. The van der Waals surface area contributed by atoms with Crippen LogP contribution in [-0.4, -0.2) is 44.9 Å². The molecule has 1 amide bonds. The highest BCUT2D eigenvalue weighted by Gasteiger charge is 2.35. The van der Waals surface area contributed by atoms with Crippen LogP contribution in [0.15, 0.2) is 47.5 Å². The van der Waals surface area contributed by atoms with Gasteiger partial charge < -0.3 is 14.2 Å². The molecule has 0 bridgehead atoms. The number of hydrogen-bond acceptors (Lipinski definition) is 4. The number of aromatic nitrogens is 3. The number of nitrogens with zero attached hydrogens (tertiary/aromatic N) is 4. The first kappa shape index (κ1) is 21.9. The van der Waals surface area contributed by atoms with Crippen molar-refractivity contribution in [3.8, 4) is 16.9 Å². The van der Waals surface area contributed by atoms with Crippen molar-refractivity contribution in [1.29, 1.82) is 0 Å². The summed E-state index contributed by atoms with van der Waals surface area (Å²) in [7, 11) is 1.74. The maximum absolute atomic E-state index is 13.2. The fraction of sp³-hybridized carbons (Fsp3) is 0.286. The molecule has 4 rings (SSSR count). The molecule has 0 unspecified atom stereocenters. The summed E-state index contributed by atoms with van der Waals surface area (Å²) in [6.45, 7) is 0.423. The Labute approximate surface area is 185 Å². The molecule has 3 aromatic rings. The second-order valence-electron chi connectivity index (χ2n) is 7.27. The lowest BCUT2D eigenvalue weighted by Gasteiger charge is -2.29. The molecular formula is C21H18ClF3N4O3. The third-order valence-corrected chi connectivity index (χ3v) is 5.39. The number of aryl methyl sites for hydroxylation is 1. The number of amides is 1. The molecule has 0 saturated heterocycles. The number of ether oxygens (including phenoxy) is 1. The van der Waals surface area contributed by atoms with E-state index in [1.807, 2.05) is 0 Å². The van der Waals surface area contributed by atoms with Gasteiger partial charge in [-0.1, -0.05) is 11.6 Å². The Morgan fingerprint density at radius 1 is 1.16 bits per heavy atom. The van der Waals surface area contributed by atoms with Gasteiger partial charge in [-0.3, -0.25) is 14.3 Å². The monoisotopic (exact) mass is 466 g/mol. The van der Waals surface area contributed by atoms with Crippen molar-refractivity contribution in [1.82, 2.24) is 19.2 Å². The molecule has 1 aliphatic rings. The Hall–Kier alpha value is -3.27. The summed E-state index contributed by atoms with van der Waals surface area (Å²) in [5.74, 6) is -0.745. The van der Waals surface area contributed by atoms with Gasteiger partial charge in [0.1, 0.15) is 18.1 Å². The molecule has 2 aromatic heterocycles. The van der Waals surface area contributed by atoms with E-state index in [1.165, 1.54) is 15.5 Å². The number of carbonyl (C=O) groups excluding carboxylic acids is 1. The highest BCUT2D eigenvalue weighted by atomic mass is 35.5. The smallest absolute Gasteiger partial charge is 0.420 e. The molecule has 0 saturated carbocycles. The number of alkyl halides is 3. The van der Waals surface area contributed by atoms with Crippen molar-refractivity contribution in [3.63, 3.8) is 0 Å². The van der Waals surface area contributed by atoms with E-state index in [-0.39, 0.29) is 54.2 Å². The van der Waals surface area contributed by atoms with E-state index in [1.54, 1.807) is 36.3 Å². The van der Waals surface area contributed by atoms with Crippen LogP contribution in [0.4, 0.5) is 13.2 Å². The van der Waals surface area contributed by atoms with Gasteiger partial charge in [0, 0.05) is 36.9 Å². The average molecular weight is 467 g/mol. The van der Waals surface area contributed by atoms with Gasteiger partial charge in [0.05, 0.1) is 23.9 Å². The van der Waals surface area contributed by atoms with Crippen molar-refractivity contribution < 1.29 is 22.7 Å². The molecule has 0 radical (unpaired) electrons. The minimum absolute atomic E-state index is 0.0522. The van der Waals surface area contributed by atoms with Crippen LogP contribution < -0.4 is 10.3 Å². The Morgan fingerprint density at radius 3 is 2.62 bits per heavy atom. The van der Waals surface area contributed by atoms with Crippen LogP contribution in [0.3, 0.4) is 0 Å². The molecule has 168 valence electrons. The van der Waals surface area contributed by atoms with Crippen molar-refractivity contribution in [2.45, 2.75) is 12.7 Å². The first-order valence-electron chi connectivity index (χ1n) is 9.67. The summed E-state index contributed by atoms with van der Waals surface area (Å²) in [6, 6.07) is 6.40. The van der Waals surface area contributed by atoms with Gasteiger partial charge in [-0.15, -0.1) is 0 Å². The SMILES string of the molecule is Cn1cc(-c2ccc3n(c2=O)CCN(CCOc2ccc(Cl)cc2C(F)(F)F)C3=O)cn1. The van der Waals surface area contributed by atoms with E-state index >= 15 is 0 Å². The van der Waals surface area contributed by atoms with E-state index < -0.39 is 11.7 Å². The zero-order valence-electron chi connectivity index (χ0n) is 16.9. The second-order valence-corrected chi connectivity index (χ2v) is 7.71. The molecular weight excluding hydrogens is 449 g/mol. The van der Waals surface area contributed by atoms with Crippen LogP contribution >= 0.6 is 11.6 Å². The Balaban J connectivity index is 1.47. The lowest BCUT2D eigenvalue weighted by atomic mass is 10.1. The number of carbonyl (C=O) groups is 1. The van der Waals surface area contributed by atoms with Gasteiger partial charge in [0.15, 0.2) is 0 Å². The molecule has 1 aromatic carbocycles. The summed E-state index contributed by atoms with van der Waals surface area (Å²) in [4.78, 5) is 27.1. The molecule has 3 heterocycles. The van der Waals surface area contributed by atoms with E-state index in [4.69, 9.17) is 16.3 Å². The molecule has 0 fully saturated rings. The van der Waals surface area contributed by atoms with Crippen LogP contribution in [0.25, 0.3) is 11.1 Å². The summed E-state index contributed by atoms with van der Waals surface area (Å²) >= 11 is 5.67. The number of rotatable bonds is 5. The summed E-state index contributed by atoms with van der Waals surface area (Å²) in [5, 5.41) is 4.01. The fourth-order valence-electron chi connectivity index (χ4n) is 3.58. The molecule has 0 atom stereocenters. The zero-order valence-corrected chi connectivity index (χ0v) is 17.7. The standard InChI is InChI=1S/C21H18ClF3N4O3/c1-27-12-13(11-26-27)15-3-4-17-20(31)28(6-7-29(17)19(15)30)8-9-32-18-5-2-14(22)10-16(18)21(23,24)25/h2-5,10-12H,6-9H2,1H3. The minimum atomic E-state index is -4.62. The summed E-state index contributed by atoms with van der Waals surface area (Å²) < 4.78 is 47.9. The number of pyridine rings is 1. The van der Waals surface area contributed by atoms with Crippen LogP contribution in [0.5, 0.6) is 5.75 Å². The van der Waals surface area contributed by atoms with Crippen LogP contribution in [0, 0.1) is 0 Å². The topological polar surface area (TPSA) is 69.4 Å². The van der Waals surface area contributed by atoms with Crippen LogP contribution in [0.1, 0.15) is 16.1 Å². The van der Waals surface area contributed by atoms with Gasteiger partial charge in [-0.05, 0) is 30.3 Å². The molecule has 32 heavy (non-hydrogen) atoms. The molecule has 0 spiro atoms. The van der Waals surface area contributed by atoms with Crippen molar-refractivity contribution in [2.75, 3.05) is 19.7 Å². The first-order valence-corrected chi connectivity index (χ1v) is 10.0. The van der Waals surface area contributed by atoms with E-state index in [0.717, 1.165) is 12.1 Å². The maximum atomic E-state index is 13.2. The number of halogens is 4. The minimum Gasteiger partial charge on any atom is -0.491 e. The van der Waals surface area contributed by atoms with Gasteiger partial charge in [0.2, 0.25) is 0 Å². The van der Waals surface area contributed by atoms with E-state index in [0.29, 0.717) is 11.1 Å². The van der Waals surface area contributed by atoms with E-state index in [9.17, 15) is 22.8 Å². The Kier molecular flexibility index (Phi) is 5.72. The number of hydrogen-bond donors (Lipinski definition) is 0. The molecule has 11 heteroatoms. The highest BCUT2D eigenvalue weighted by molar-refractivity contribution is 6.30. The number of fused-ring (bicyclic) bond motifs is 1. The van der Waals surface area contributed by atoms with Crippen molar-refractivity contribution in [3.05, 3.63) is 69.4 Å². The quantitative estimate of drug-likeness (QED) is 0.577. The predicted octanol–water partition coefficient (Wildman–Crippen LogP) is 3.46. The van der Waals surface area contributed by atoms with Crippen molar-refractivity contribution in [2.24, 2.45) is 7.05 Å². The Morgan fingerprint density at radius 2 is 1.94 bits per heavy atom. The van der Waals surface area contributed by atoms with Gasteiger partial charge >= 0.3 is 6.18 Å². The lowest BCUT2D eigenvalue weighted by Crippen LogP contribution is -2.46. The predicted molar refractivity (Wildman–Crippen MR) is 111 cm³/mol. The maximum Gasteiger partial charge on any atom is 0.420 e. The normalized spacial score (nSPS) is 13.9. The summed E-state index contributed by atoms with van der Waals surface area (Å²) in [6.07, 6.45) is -1.33. The van der Waals surface area contributed by atoms with E-state index in [2.05, 4.69) is 5.10 Å². The first-order chi connectivity index (χ1) is 15.1.